The van der Waals surface area contributed by atoms with Crippen LogP contribution in [-0.4, -0.2) is 37.1 Å². The smallest absolute Gasteiger partial charge is 0.254 e. The van der Waals surface area contributed by atoms with E-state index in [4.69, 9.17) is 0 Å². The van der Waals surface area contributed by atoms with Crippen LogP contribution in [-0.2, 0) is 9.59 Å². The predicted octanol–water partition coefficient (Wildman–Crippen LogP) is 1.89. The van der Waals surface area contributed by atoms with Crippen LogP contribution in [0.2, 0.25) is 0 Å². The van der Waals surface area contributed by atoms with Gasteiger partial charge in [0.15, 0.2) is 0 Å². The SMILES string of the molecule is CN(C)c1ccc(/C=N\N2C(=O)[C@@H]3[C@@H](C2=O)[C@H]2C=C[C@H]3C2)cc1. The van der Waals surface area contributed by atoms with E-state index >= 15 is 0 Å². The Kier molecular flexibility index (Phi) is 3.11. The molecule has 2 fully saturated rings. The zero-order valence-electron chi connectivity index (χ0n) is 13.2. The largest absolute Gasteiger partial charge is 0.378 e. The lowest BCUT2D eigenvalue weighted by Crippen LogP contribution is -2.28. The summed E-state index contributed by atoms with van der Waals surface area (Å²) in [7, 11) is 3.96. The van der Waals surface area contributed by atoms with Gasteiger partial charge in [0, 0.05) is 19.8 Å². The molecule has 3 aliphatic rings. The number of hydrazone groups is 1. The fourth-order valence-electron chi connectivity index (χ4n) is 3.98. The number of carbonyl (C=O) groups excluding carboxylic acids is 2. The summed E-state index contributed by atoms with van der Waals surface area (Å²) in [6.45, 7) is 0. The molecule has 0 radical (unpaired) electrons. The highest BCUT2D eigenvalue weighted by Gasteiger charge is 2.59. The molecule has 1 aromatic rings. The zero-order valence-corrected chi connectivity index (χ0v) is 13.2. The van der Waals surface area contributed by atoms with Crippen molar-refractivity contribution in [1.29, 1.82) is 0 Å². The molecular weight excluding hydrogens is 290 g/mol. The number of carbonyl (C=O) groups is 2. The van der Waals surface area contributed by atoms with Crippen LogP contribution in [0.15, 0.2) is 41.5 Å². The number of imide groups is 1. The lowest BCUT2D eigenvalue weighted by Gasteiger charge is -2.13. The van der Waals surface area contributed by atoms with Gasteiger partial charge in [-0.2, -0.15) is 10.1 Å². The minimum atomic E-state index is -0.189. The number of benzene rings is 1. The van der Waals surface area contributed by atoms with Crippen molar-refractivity contribution in [3.8, 4) is 0 Å². The summed E-state index contributed by atoms with van der Waals surface area (Å²) >= 11 is 0. The van der Waals surface area contributed by atoms with Crippen molar-refractivity contribution in [3.05, 3.63) is 42.0 Å². The Morgan fingerprint density at radius 3 is 2.13 bits per heavy atom. The monoisotopic (exact) mass is 309 g/mol. The number of amides is 2. The lowest BCUT2D eigenvalue weighted by atomic mass is 9.85. The van der Waals surface area contributed by atoms with Crippen molar-refractivity contribution >= 4 is 23.7 Å². The van der Waals surface area contributed by atoms with E-state index in [1.165, 1.54) is 0 Å². The fraction of sp³-hybridized carbons (Fsp3) is 0.389. The van der Waals surface area contributed by atoms with Gasteiger partial charge >= 0.3 is 0 Å². The molecule has 1 heterocycles. The number of allylic oxidation sites excluding steroid dienone is 2. The summed E-state index contributed by atoms with van der Waals surface area (Å²) in [6, 6.07) is 7.81. The van der Waals surface area contributed by atoms with E-state index < -0.39 is 0 Å². The third kappa shape index (κ3) is 2.11. The minimum Gasteiger partial charge on any atom is -0.378 e. The Balaban J connectivity index is 1.53. The Morgan fingerprint density at radius 1 is 1.04 bits per heavy atom. The molecule has 2 aliphatic carbocycles. The molecule has 23 heavy (non-hydrogen) atoms. The van der Waals surface area contributed by atoms with Crippen molar-refractivity contribution in [1.82, 2.24) is 5.01 Å². The molecule has 5 nitrogen and oxygen atoms in total. The van der Waals surface area contributed by atoms with Crippen molar-refractivity contribution in [2.45, 2.75) is 6.42 Å². The van der Waals surface area contributed by atoms with Gasteiger partial charge < -0.3 is 4.90 Å². The maximum Gasteiger partial charge on any atom is 0.254 e. The van der Waals surface area contributed by atoms with Gasteiger partial charge in [-0.3, -0.25) is 9.59 Å². The average molecular weight is 309 g/mol. The Morgan fingerprint density at radius 2 is 1.61 bits per heavy atom. The van der Waals surface area contributed by atoms with Crippen molar-refractivity contribution in [3.63, 3.8) is 0 Å². The summed E-state index contributed by atoms with van der Waals surface area (Å²) in [5.41, 5.74) is 1.96. The van der Waals surface area contributed by atoms with E-state index in [0.29, 0.717) is 0 Å². The Labute approximate surface area is 135 Å². The Bertz CT molecular complexity index is 690. The highest BCUT2D eigenvalue weighted by molar-refractivity contribution is 6.06. The van der Waals surface area contributed by atoms with Gasteiger partial charge in [-0.1, -0.05) is 24.3 Å². The molecule has 5 heteroatoms. The van der Waals surface area contributed by atoms with Crippen molar-refractivity contribution < 1.29 is 9.59 Å². The average Bonchev–Trinajstić information content (AvgIpc) is 3.21. The molecular formula is C18H19N3O2. The van der Waals surface area contributed by atoms with E-state index in [0.717, 1.165) is 22.7 Å². The Hall–Kier alpha value is -2.43. The van der Waals surface area contributed by atoms with Gasteiger partial charge in [-0.05, 0) is 36.0 Å². The lowest BCUT2D eigenvalue weighted by molar-refractivity contribution is -0.140. The van der Waals surface area contributed by atoms with Crippen LogP contribution < -0.4 is 4.90 Å². The molecule has 0 N–H and O–H groups in total. The zero-order chi connectivity index (χ0) is 16.1. The first-order valence-electron chi connectivity index (χ1n) is 7.94. The highest BCUT2D eigenvalue weighted by Crippen LogP contribution is 2.52. The van der Waals surface area contributed by atoms with Crippen LogP contribution in [0.4, 0.5) is 5.69 Å². The topological polar surface area (TPSA) is 53.0 Å². The number of anilines is 1. The van der Waals surface area contributed by atoms with Crippen LogP contribution in [0.25, 0.3) is 0 Å². The van der Waals surface area contributed by atoms with E-state index in [1.54, 1.807) is 6.21 Å². The third-order valence-electron chi connectivity index (χ3n) is 5.18. The van der Waals surface area contributed by atoms with Crippen LogP contribution in [0.3, 0.4) is 0 Å². The molecule has 2 amide bonds. The highest BCUT2D eigenvalue weighted by atomic mass is 16.2. The van der Waals surface area contributed by atoms with Gasteiger partial charge in [0.1, 0.15) is 0 Å². The number of hydrogen-bond acceptors (Lipinski definition) is 4. The molecule has 2 bridgehead atoms. The molecule has 1 aliphatic heterocycles. The van der Waals surface area contributed by atoms with E-state index in [-0.39, 0.29) is 35.5 Å². The molecule has 0 spiro atoms. The van der Waals surface area contributed by atoms with Crippen molar-refractivity contribution in [2.75, 3.05) is 19.0 Å². The quantitative estimate of drug-likeness (QED) is 0.487. The van der Waals surface area contributed by atoms with Crippen LogP contribution in [0.5, 0.6) is 0 Å². The first-order chi connectivity index (χ1) is 11.1. The molecule has 4 atom stereocenters. The first kappa shape index (κ1) is 14.2. The predicted molar refractivity (Wildman–Crippen MR) is 87.9 cm³/mol. The second-order valence-corrected chi connectivity index (χ2v) is 6.72. The second kappa shape index (κ2) is 5.05. The summed E-state index contributed by atoms with van der Waals surface area (Å²) in [4.78, 5) is 27.0. The second-order valence-electron chi connectivity index (χ2n) is 6.72. The number of nitrogens with zero attached hydrogens (tertiary/aromatic N) is 3. The maximum atomic E-state index is 12.5. The number of rotatable bonds is 3. The third-order valence-corrected chi connectivity index (χ3v) is 5.18. The summed E-state index contributed by atoms with van der Waals surface area (Å²) in [5, 5.41) is 5.26. The molecule has 4 rings (SSSR count). The van der Waals surface area contributed by atoms with Gasteiger partial charge in [-0.15, -0.1) is 0 Å². The van der Waals surface area contributed by atoms with Gasteiger partial charge in [0.25, 0.3) is 11.8 Å². The minimum absolute atomic E-state index is 0.141. The van der Waals surface area contributed by atoms with Crippen molar-refractivity contribution in [2.24, 2.45) is 28.8 Å². The molecule has 1 saturated heterocycles. The molecule has 0 unspecified atom stereocenters. The molecule has 118 valence electrons. The van der Waals surface area contributed by atoms with Gasteiger partial charge in [-0.25, -0.2) is 0 Å². The molecule has 1 saturated carbocycles. The maximum absolute atomic E-state index is 12.5. The van der Waals surface area contributed by atoms with Crippen LogP contribution in [0.1, 0.15) is 12.0 Å². The van der Waals surface area contributed by atoms with Crippen LogP contribution >= 0.6 is 0 Å². The van der Waals surface area contributed by atoms with Crippen LogP contribution in [0, 0.1) is 23.7 Å². The molecule has 1 aromatic carbocycles. The summed E-state index contributed by atoms with van der Waals surface area (Å²) in [5.74, 6) is -0.213. The molecule has 0 aromatic heterocycles. The fourth-order valence-corrected chi connectivity index (χ4v) is 3.98. The first-order valence-corrected chi connectivity index (χ1v) is 7.94. The normalized spacial score (nSPS) is 31.5. The summed E-state index contributed by atoms with van der Waals surface area (Å²) in [6.07, 6.45) is 6.70. The number of hydrogen-bond donors (Lipinski definition) is 0. The number of fused-ring (bicyclic) bond motifs is 5. The van der Waals surface area contributed by atoms with E-state index in [2.05, 4.69) is 17.3 Å². The van der Waals surface area contributed by atoms with E-state index in [1.807, 2.05) is 43.3 Å². The standard InChI is InChI=1S/C18H19N3O2/c1-20(2)14-7-3-11(4-8-14)10-19-21-17(22)15-12-5-6-13(9-12)16(15)18(21)23/h3-8,10,12-13,15-16H,9H2,1-2H3/b19-10-/t12-,13-,15-,16-/m0/s1. The summed E-state index contributed by atoms with van der Waals surface area (Å²) < 4.78 is 0. The van der Waals surface area contributed by atoms with Gasteiger partial charge in [0.2, 0.25) is 0 Å². The van der Waals surface area contributed by atoms with E-state index in [9.17, 15) is 9.59 Å². The van der Waals surface area contributed by atoms with Gasteiger partial charge in [0.05, 0.1) is 18.1 Å².